The molecule has 0 fully saturated rings. The van der Waals surface area contributed by atoms with Crippen molar-refractivity contribution in [1.82, 2.24) is 10.6 Å². The Balaban J connectivity index is 4.19. The first-order valence-corrected chi connectivity index (χ1v) is 6.39. The van der Waals surface area contributed by atoms with E-state index in [0.29, 0.717) is 6.54 Å². The normalized spacial score (nSPS) is 12.7. The van der Waals surface area contributed by atoms with Crippen molar-refractivity contribution in [2.75, 3.05) is 12.3 Å². The van der Waals surface area contributed by atoms with Crippen molar-refractivity contribution in [2.45, 2.75) is 31.6 Å². The van der Waals surface area contributed by atoms with Gasteiger partial charge < -0.3 is 16.2 Å². The molecule has 0 aromatic rings. The molecule has 0 rings (SSSR count). The van der Waals surface area contributed by atoms with Crippen molar-refractivity contribution in [1.29, 1.82) is 0 Å². The Morgan fingerprint density at radius 3 is 2.39 bits per heavy atom. The number of amides is 3. The van der Waals surface area contributed by atoms with E-state index in [1.54, 1.807) is 20.8 Å². The first-order chi connectivity index (χ1) is 8.20. The number of carboxylic acids is 1. The van der Waals surface area contributed by atoms with Gasteiger partial charge in [-0.1, -0.05) is 0 Å². The van der Waals surface area contributed by atoms with Gasteiger partial charge in [0, 0.05) is 11.3 Å². The summed E-state index contributed by atoms with van der Waals surface area (Å²) in [5.41, 5.74) is 5.50. The highest BCUT2D eigenvalue weighted by Crippen LogP contribution is 2.27. The molecule has 0 aromatic carbocycles. The van der Waals surface area contributed by atoms with E-state index in [9.17, 15) is 14.4 Å². The molecule has 0 radical (unpaired) electrons. The number of nitrogens with one attached hydrogen (secondary N) is 2. The fourth-order valence-electron chi connectivity index (χ4n) is 1.01. The number of nitrogens with two attached hydrogens (primary N) is 1. The van der Waals surface area contributed by atoms with Crippen LogP contribution in [0.3, 0.4) is 0 Å². The fraction of sp³-hybridized carbons (Fsp3) is 0.700. The van der Waals surface area contributed by atoms with Crippen LogP contribution in [0.5, 0.6) is 0 Å². The third-order valence-electron chi connectivity index (χ3n) is 2.18. The largest absolute Gasteiger partial charge is 0.480 e. The molecule has 8 heteroatoms. The van der Waals surface area contributed by atoms with E-state index in [1.165, 1.54) is 0 Å². The molecule has 0 aromatic heterocycles. The van der Waals surface area contributed by atoms with E-state index in [1.807, 2.05) is 0 Å². The zero-order chi connectivity index (χ0) is 14.3. The topological polar surface area (TPSA) is 122 Å². The molecular formula is C10H19N3O4S. The number of aliphatic carboxylic acids is 1. The van der Waals surface area contributed by atoms with Gasteiger partial charge in [-0.2, -0.15) is 0 Å². The second kappa shape index (κ2) is 7.22. The van der Waals surface area contributed by atoms with E-state index in [-0.39, 0.29) is 5.75 Å². The summed E-state index contributed by atoms with van der Waals surface area (Å²) in [5, 5.41) is 13.3. The van der Waals surface area contributed by atoms with Crippen molar-refractivity contribution >= 4 is 29.7 Å². The third-order valence-corrected chi connectivity index (χ3v) is 3.59. The summed E-state index contributed by atoms with van der Waals surface area (Å²) in [7, 11) is 0. The maximum Gasteiger partial charge on any atom is 0.321 e. The molecule has 0 aliphatic carbocycles. The van der Waals surface area contributed by atoms with Gasteiger partial charge in [-0.3, -0.25) is 14.9 Å². The highest BCUT2D eigenvalue weighted by Gasteiger charge is 2.33. The number of carboxylic acid groups (broad SMARTS) is 1. The van der Waals surface area contributed by atoms with Crippen LogP contribution in [0.25, 0.3) is 0 Å². The zero-order valence-electron chi connectivity index (χ0n) is 10.6. The van der Waals surface area contributed by atoms with Crippen LogP contribution in [-0.4, -0.2) is 46.1 Å². The zero-order valence-corrected chi connectivity index (χ0v) is 11.5. The van der Waals surface area contributed by atoms with E-state index in [4.69, 9.17) is 10.8 Å². The molecule has 0 heterocycles. The molecule has 0 saturated carbocycles. The second-order valence-electron chi connectivity index (χ2n) is 4.12. The van der Waals surface area contributed by atoms with E-state index in [2.05, 4.69) is 10.6 Å². The maximum absolute atomic E-state index is 11.4. The smallest absolute Gasteiger partial charge is 0.321 e. The number of carbonyl (C=O) groups excluding carboxylic acids is 2. The number of rotatable bonds is 6. The molecule has 0 aliphatic rings. The molecule has 0 bridgehead atoms. The first-order valence-electron chi connectivity index (χ1n) is 5.40. The van der Waals surface area contributed by atoms with Gasteiger partial charge >= 0.3 is 12.0 Å². The van der Waals surface area contributed by atoms with Crippen molar-refractivity contribution in [3.63, 3.8) is 0 Å². The quantitative estimate of drug-likeness (QED) is 0.531. The highest BCUT2D eigenvalue weighted by molar-refractivity contribution is 8.01. The molecule has 0 spiro atoms. The van der Waals surface area contributed by atoms with Crippen LogP contribution in [0.2, 0.25) is 0 Å². The maximum atomic E-state index is 11.4. The minimum atomic E-state index is -1.13. The van der Waals surface area contributed by atoms with E-state index in [0.717, 1.165) is 11.8 Å². The minimum absolute atomic E-state index is 0.0366. The minimum Gasteiger partial charge on any atom is -0.480 e. The standard InChI is InChI=1S/C10H19N3O4S/c1-4-12-9(17)13-6(14)5-18-10(2,3)7(11)8(15)16/h7H,4-5,11H2,1-3H3,(H,15,16)(H2,12,13,14,17)/t7-/m1/s1. The Kier molecular flexibility index (Phi) is 6.71. The SMILES string of the molecule is CCNC(=O)NC(=O)CSC(C)(C)[C@H](N)C(=O)O. The van der Waals surface area contributed by atoms with Crippen molar-refractivity contribution in [3.8, 4) is 0 Å². The molecular weight excluding hydrogens is 258 g/mol. The molecule has 5 N–H and O–H groups in total. The Labute approximate surface area is 110 Å². The lowest BCUT2D eigenvalue weighted by molar-refractivity contribution is -0.139. The summed E-state index contributed by atoms with van der Waals surface area (Å²) >= 11 is 1.09. The number of hydrogen-bond acceptors (Lipinski definition) is 5. The highest BCUT2D eigenvalue weighted by atomic mass is 32.2. The van der Waals surface area contributed by atoms with Gasteiger partial charge in [0.1, 0.15) is 6.04 Å². The van der Waals surface area contributed by atoms with Crippen LogP contribution in [-0.2, 0) is 9.59 Å². The molecule has 104 valence electrons. The Hall–Kier alpha value is -1.28. The van der Waals surface area contributed by atoms with Crippen LogP contribution in [0.4, 0.5) is 4.79 Å². The lowest BCUT2D eigenvalue weighted by Crippen LogP contribution is -2.48. The molecule has 1 atom stereocenters. The number of hydrogen-bond donors (Lipinski definition) is 4. The molecule has 7 nitrogen and oxygen atoms in total. The summed E-state index contributed by atoms with van der Waals surface area (Å²) in [4.78, 5) is 33.2. The monoisotopic (exact) mass is 277 g/mol. The van der Waals surface area contributed by atoms with Crippen LogP contribution in [0, 0.1) is 0 Å². The van der Waals surface area contributed by atoms with Gasteiger partial charge in [0.05, 0.1) is 5.75 Å². The predicted molar refractivity (Wildman–Crippen MR) is 69.4 cm³/mol. The summed E-state index contributed by atoms with van der Waals surface area (Å²) in [6, 6.07) is -1.65. The van der Waals surface area contributed by atoms with Gasteiger partial charge in [-0.05, 0) is 20.8 Å². The number of carbonyl (C=O) groups is 3. The van der Waals surface area contributed by atoms with Gasteiger partial charge in [0.2, 0.25) is 5.91 Å². The number of thioether (sulfide) groups is 1. The van der Waals surface area contributed by atoms with Crippen LogP contribution in [0.1, 0.15) is 20.8 Å². The van der Waals surface area contributed by atoms with Crippen LogP contribution >= 0.6 is 11.8 Å². The van der Waals surface area contributed by atoms with Crippen LogP contribution in [0.15, 0.2) is 0 Å². The summed E-state index contributed by atoms with van der Waals surface area (Å²) in [5.74, 6) is -1.65. The lowest BCUT2D eigenvalue weighted by atomic mass is 10.1. The summed E-state index contributed by atoms with van der Waals surface area (Å²) < 4.78 is -0.801. The molecule has 3 amide bonds. The average Bonchev–Trinajstić information content (AvgIpc) is 2.25. The van der Waals surface area contributed by atoms with Crippen LogP contribution < -0.4 is 16.4 Å². The van der Waals surface area contributed by atoms with Gasteiger partial charge in [0.15, 0.2) is 0 Å². The molecule has 0 aliphatic heterocycles. The Morgan fingerprint density at radius 2 is 1.94 bits per heavy atom. The van der Waals surface area contributed by atoms with Gasteiger partial charge in [0.25, 0.3) is 0 Å². The summed E-state index contributed by atoms with van der Waals surface area (Å²) in [6.45, 7) is 5.42. The third kappa shape index (κ3) is 5.87. The van der Waals surface area contributed by atoms with Crippen molar-refractivity contribution < 1.29 is 19.5 Å². The number of imide groups is 1. The average molecular weight is 277 g/mol. The second-order valence-corrected chi connectivity index (χ2v) is 5.75. The van der Waals surface area contributed by atoms with E-state index >= 15 is 0 Å². The Bertz CT molecular complexity index is 333. The fourth-order valence-corrected chi connectivity index (χ4v) is 1.86. The van der Waals surface area contributed by atoms with E-state index < -0.39 is 28.7 Å². The molecule has 18 heavy (non-hydrogen) atoms. The van der Waals surface area contributed by atoms with Crippen molar-refractivity contribution in [3.05, 3.63) is 0 Å². The van der Waals surface area contributed by atoms with Gasteiger partial charge in [-0.15, -0.1) is 11.8 Å². The van der Waals surface area contributed by atoms with Gasteiger partial charge in [-0.25, -0.2) is 4.79 Å². The predicted octanol–water partition coefficient (Wildman–Crippen LogP) is -0.244. The lowest BCUT2D eigenvalue weighted by Gasteiger charge is -2.27. The number of urea groups is 1. The first kappa shape index (κ1) is 16.7. The summed E-state index contributed by atoms with van der Waals surface area (Å²) in [6.07, 6.45) is 0. The Morgan fingerprint density at radius 1 is 1.39 bits per heavy atom. The molecule has 0 unspecified atom stereocenters. The van der Waals surface area contributed by atoms with Crippen molar-refractivity contribution in [2.24, 2.45) is 5.73 Å². The molecule has 0 saturated heterocycles.